The van der Waals surface area contributed by atoms with E-state index in [0.717, 1.165) is 12.8 Å². The van der Waals surface area contributed by atoms with Crippen molar-refractivity contribution in [3.8, 4) is 5.75 Å². The van der Waals surface area contributed by atoms with E-state index in [4.69, 9.17) is 10.5 Å². The van der Waals surface area contributed by atoms with Gasteiger partial charge in [-0.05, 0) is 31.7 Å². The molecule has 3 atom stereocenters. The van der Waals surface area contributed by atoms with Crippen LogP contribution in [0.15, 0.2) is 53.5 Å². The van der Waals surface area contributed by atoms with Crippen molar-refractivity contribution in [1.82, 2.24) is 5.32 Å². The molecule has 7 nitrogen and oxygen atoms in total. The molecule has 0 bridgehead atoms. The number of hydrogen-bond acceptors (Lipinski definition) is 5. The zero-order chi connectivity index (χ0) is 30.7. The van der Waals surface area contributed by atoms with Crippen LogP contribution in [0.2, 0.25) is 0 Å². The first-order chi connectivity index (χ1) is 19.7. The lowest BCUT2D eigenvalue weighted by molar-refractivity contribution is -0.152. The Bertz CT molecular complexity index is 1340. The number of hydrogen-bond donors (Lipinski definition) is 2. The number of Topliss-reactive ketones (excluding diaryl/α,β-unsaturated/α-hetero) is 1. The summed E-state index contributed by atoms with van der Waals surface area (Å²) >= 11 is 0. The maximum Gasteiger partial charge on any atom is 0.389 e. The lowest BCUT2D eigenvalue weighted by atomic mass is 9.83. The molecule has 42 heavy (non-hydrogen) atoms. The van der Waals surface area contributed by atoms with Crippen molar-refractivity contribution in [3.05, 3.63) is 65.2 Å². The first-order valence-corrected chi connectivity index (χ1v) is 13.4. The van der Waals surface area contributed by atoms with Crippen LogP contribution in [0.1, 0.15) is 55.2 Å². The number of ether oxygens (including phenoxy) is 1. The second-order valence-electron chi connectivity index (χ2n) is 10.4. The molecule has 226 valence electrons. The summed E-state index contributed by atoms with van der Waals surface area (Å²) in [6.07, 6.45) is -14.7. The largest absolute Gasteiger partial charge is 0.490 e. The second-order valence-corrected chi connectivity index (χ2v) is 10.4. The first-order valence-electron chi connectivity index (χ1n) is 13.4. The Morgan fingerprint density at radius 3 is 2.12 bits per heavy atom. The maximum absolute atomic E-state index is 13.4. The number of nitrogens with one attached hydrogen (secondary N) is 1. The molecule has 2 aliphatic rings. The average molecular weight is 598 g/mol. The van der Waals surface area contributed by atoms with E-state index in [0.29, 0.717) is 28.2 Å². The van der Waals surface area contributed by atoms with Crippen molar-refractivity contribution in [2.45, 2.75) is 69.6 Å². The molecule has 0 spiro atoms. The standard InChI is InChI=1S/C29H29F6N3O4/c30-28(31,32)13-11-19(25(36)40)20(12-14-29(33,34)35)27(41)38-26-22(39)15-21-18(7-4-8-23(21)42-17-9-10-17)24(37-26)16-5-2-1-3-6-16/h1-8,17,19-20,26H,9-15H2,(H2,36,40)(H,38,41)/t19-,20+,26+/m0/s1. The molecule has 2 aromatic carbocycles. The minimum absolute atomic E-state index is 0.000656. The highest BCUT2D eigenvalue weighted by Crippen LogP contribution is 2.35. The number of carbonyl (C=O) groups is 3. The number of primary amides is 1. The third-order valence-corrected chi connectivity index (χ3v) is 7.11. The summed E-state index contributed by atoms with van der Waals surface area (Å²) in [4.78, 5) is 43.4. The molecule has 1 aliphatic carbocycles. The van der Waals surface area contributed by atoms with Crippen LogP contribution in [0.3, 0.4) is 0 Å². The molecule has 1 fully saturated rings. The minimum Gasteiger partial charge on any atom is -0.490 e. The zero-order valence-electron chi connectivity index (χ0n) is 22.3. The van der Waals surface area contributed by atoms with E-state index in [1.165, 1.54) is 0 Å². The molecule has 1 saturated carbocycles. The number of carbonyl (C=O) groups excluding carboxylic acids is 3. The molecule has 13 heteroatoms. The number of rotatable bonds is 11. The minimum atomic E-state index is -4.76. The van der Waals surface area contributed by atoms with Gasteiger partial charge in [0.15, 0.2) is 11.9 Å². The third kappa shape index (κ3) is 8.32. The quantitative estimate of drug-likeness (QED) is 0.354. The monoisotopic (exact) mass is 597 g/mol. The maximum atomic E-state index is 13.4. The van der Waals surface area contributed by atoms with Gasteiger partial charge in [0.1, 0.15) is 5.75 Å². The van der Waals surface area contributed by atoms with E-state index in [1.807, 2.05) is 0 Å². The van der Waals surface area contributed by atoms with E-state index >= 15 is 0 Å². The number of nitrogens with zero attached hydrogens (tertiary/aromatic N) is 1. The van der Waals surface area contributed by atoms with Gasteiger partial charge >= 0.3 is 12.4 Å². The van der Waals surface area contributed by atoms with Crippen LogP contribution in [-0.4, -0.2) is 47.9 Å². The van der Waals surface area contributed by atoms with Crippen molar-refractivity contribution < 1.29 is 45.5 Å². The number of ketones is 1. The predicted molar refractivity (Wildman–Crippen MR) is 140 cm³/mol. The zero-order valence-corrected chi connectivity index (χ0v) is 22.3. The summed E-state index contributed by atoms with van der Waals surface area (Å²) in [6.45, 7) is 0. The van der Waals surface area contributed by atoms with Crippen molar-refractivity contribution in [2.24, 2.45) is 22.6 Å². The highest BCUT2D eigenvalue weighted by Gasteiger charge is 2.41. The van der Waals surface area contributed by atoms with Crippen LogP contribution in [0.25, 0.3) is 0 Å². The molecule has 2 amide bonds. The van der Waals surface area contributed by atoms with Gasteiger partial charge in [0.25, 0.3) is 0 Å². The molecule has 0 radical (unpaired) electrons. The topological polar surface area (TPSA) is 111 Å². The lowest BCUT2D eigenvalue weighted by Crippen LogP contribution is -2.47. The van der Waals surface area contributed by atoms with Crippen LogP contribution in [0.5, 0.6) is 5.75 Å². The van der Waals surface area contributed by atoms with Gasteiger partial charge < -0.3 is 15.8 Å². The fourth-order valence-corrected chi connectivity index (χ4v) is 4.86. The molecule has 4 rings (SSSR count). The van der Waals surface area contributed by atoms with Crippen molar-refractivity contribution in [2.75, 3.05) is 0 Å². The Labute approximate surface area is 237 Å². The molecule has 1 aliphatic heterocycles. The van der Waals surface area contributed by atoms with Gasteiger partial charge in [0.05, 0.1) is 11.8 Å². The summed E-state index contributed by atoms with van der Waals surface area (Å²) in [6, 6.07) is 13.8. The number of fused-ring (bicyclic) bond motifs is 1. The second kappa shape index (κ2) is 12.5. The number of amides is 2. The highest BCUT2D eigenvalue weighted by atomic mass is 19.4. The van der Waals surface area contributed by atoms with Crippen LogP contribution in [-0.2, 0) is 20.8 Å². The normalized spacial score (nSPS) is 18.8. The van der Waals surface area contributed by atoms with Crippen LogP contribution in [0.4, 0.5) is 26.3 Å². The first kappa shape index (κ1) is 31.0. The van der Waals surface area contributed by atoms with Gasteiger partial charge in [0.2, 0.25) is 11.8 Å². The molecule has 2 aromatic rings. The smallest absolute Gasteiger partial charge is 0.389 e. The van der Waals surface area contributed by atoms with Gasteiger partial charge in [0, 0.05) is 47.8 Å². The van der Waals surface area contributed by atoms with Crippen molar-refractivity contribution in [3.63, 3.8) is 0 Å². The van der Waals surface area contributed by atoms with Gasteiger partial charge in [-0.2, -0.15) is 26.3 Å². The number of halogens is 6. The SMILES string of the molecule is NC(=O)[C@@H](CCC(F)(F)F)[C@@H](CCC(F)(F)F)C(=O)N[C@H]1N=C(c2ccccc2)c2cccc(OC3CC3)c2CC1=O. The van der Waals surface area contributed by atoms with Crippen molar-refractivity contribution in [1.29, 1.82) is 0 Å². The predicted octanol–water partition coefficient (Wildman–Crippen LogP) is 5.04. The molecule has 3 N–H and O–H groups in total. The Morgan fingerprint density at radius 2 is 1.55 bits per heavy atom. The Morgan fingerprint density at radius 1 is 0.929 bits per heavy atom. The van der Waals surface area contributed by atoms with Gasteiger partial charge in [-0.3, -0.25) is 19.4 Å². The molecule has 0 unspecified atom stereocenters. The van der Waals surface area contributed by atoms with Crippen molar-refractivity contribution >= 4 is 23.3 Å². The fraction of sp³-hybridized carbons (Fsp3) is 0.448. The Hall–Kier alpha value is -3.90. The van der Waals surface area contributed by atoms with E-state index < -0.39 is 73.6 Å². The summed E-state index contributed by atoms with van der Waals surface area (Å²) in [5, 5.41) is 2.31. The highest BCUT2D eigenvalue weighted by molar-refractivity contribution is 6.16. The molecule has 1 heterocycles. The Kier molecular flexibility index (Phi) is 9.27. The van der Waals surface area contributed by atoms with Gasteiger partial charge in [-0.25, -0.2) is 0 Å². The molecular weight excluding hydrogens is 568 g/mol. The van der Waals surface area contributed by atoms with E-state index in [1.54, 1.807) is 48.5 Å². The van der Waals surface area contributed by atoms with Crippen LogP contribution >= 0.6 is 0 Å². The number of benzene rings is 2. The fourth-order valence-electron chi connectivity index (χ4n) is 4.86. The molecular formula is C29H29F6N3O4. The Balaban J connectivity index is 1.69. The van der Waals surface area contributed by atoms with E-state index in [9.17, 15) is 40.7 Å². The molecule has 0 aromatic heterocycles. The van der Waals surface area contributed by atoms with Crippen LogP contribution < -0.4 is 15.8 Å². The number of aliphatic imine (C=N–C) groups is 1. The summed E-state index contributed by atoms with van der Waals surface area (Å²) < 4.78 is 84.1. The summed E-state index contributed by atoms with van der Waals surface area (Å²) in [5.74, 6) is -6.47. The third-order valence-electron chi connectivity index (χ3n) is 7.11. The van der Waals surface area contributed by atoms with Gasteiger partial charge in [-0.15, -0.1) is 0 Å². The van der Waals surface area contributed by atoms with Crippen LogP contribution in [0, 0.1) is 11.8 Å². The number of nitrogens with two attached hydrogens (primary N) is 1. The lowest BCUT2D eigenvalue weighted by Gasteiger charge is -2.26. The molecule has 0 saturated heterocycles. The summed E-state index contributed by atoms with van der Waals surface area (Å²) in [7, 11) is 0. The average Bonchev–Trinajstić information content (AvgIpc) is 3.73. The van der Waals surface area contributed by atoms with E-state index in [2.05, 4.69) is 10.3 Å². The number of alkyl halides is 6. The van der Waals surface area contributed by atoms with Gasteiger partial charge in [-0.1, -0.05) is 42.5 Å². The summed E-state index contributed by atoms with van der Waals surface area (Å²) in [5.41, 5.74) is 7.22. The van der Waals surface area contributed by atoms with E-state index in [-0.39, 0.29) is 12.5 Å².